The predicted octanol–water partition coefficient (Wildman–Crippen LogP) is 3.60. The Labute approximate surface area is 87.5 Å². The first-order chi connectivity index (χ1) is 6.83. The Morgan fingerprint density at radius 2 is 2.00 bits per heavy atom. The molecule has 0 heterocycles. The lowest BCUT2D eigenvalue weighted by atomic mass is 9.94. The third-order valence-corrected chi connectivity index (χ3v) is 2.91. The molecule has 14 heavy (non-hydrogen) atoms. The number of rotatable bonds is 4. The van der Waals surface area contributed by atoms with Crippen LogP contribution in [0.2, 0.25) is 0 Å². The smallest absolute Gasteiger partial charge is 0.0614 e. The lowest BCUT2D eigenvalue weighted by Gasteiger charge is -2.13. The first-order valence-electron chi connectivity index (χ1n) is 5.77. The Morgan fingerprint density at radius 3 is 2.64 bits per heavy atom. The summed E-state index contributed by atoms with van der Waals surface area (Å²) in [5, 5.41) is 8.69. The van der Waals surface area contributed by atoms with Crippen LogP contribution in [0.15, 0.2) is 23.3 Å². The van der Waals surface area contributed by atoms with E-state index >= 15 is 0 Å². The number of aliphatic hydroxyl groups is 1. The van der Waals surface area contributed by atoms with Gasteiger partial charge in [0.2, 0.25) is 0 Å². The van der Waals surface area contributed by atoms with Gasteiger partial charge in [-0.05, 0) is 45.4 Å². The van der Waals surface area contributed by atoms with Crippen LogP contribution < -0.4 is 0 Å². The molecule has 1 aliphatic carbocycles. The summed E-state index contributed by atoms with van der Waals surface area (Å²) in [4.78, 5) is 0. The van der Waals surface area contributed by atoms with Crippen molar-refractivity contribution in [1.29, 1.82) is 0 Å². The van der Waals surface area contributed by atoms with Gasteiger partial charge in [0.05, 0.1) is 6.61 Å². The summed E-state index contributed by atoms with van der Waals surface area (Å²) in [6, 6.07) is 0. The minimum absolute atomic E-state index is 0.183. The van der Waals surface area contributed by atoms with Crippen LogP contribution in [0.5, 0.6) is 0 Å². The predicted molar refractivity (Wildman–Crippen MR) is 61.2 cm³/mol. The summed E-state index contributed by atoms with van der Waals surface area (Å²) in [5.41, 5.74) is 2.97. The molecule has 80 valence electrons. The number of hydrogen-bond donors (Lipinski definition) is 1. The minimum Gasteiger partial charge on any atom is -0.392 e. The van der Waals surface area contributed by atoms with Gasteiger partial charge in [0.15, 0.2) is 0 Å². The molecule has 0 atom stereocenters. The largest absolute Gasteiger partial charge is 0.392 e. The van der Waals surface area contributed by atoms with E-state index in [-0.39, 0.29) is 6.61 Å². The molecule has 0 spiro atoms. The van der Waals surface area contributed by atoms with Crippen molar-refractivity contribution >= 4 is 0 Å². The fraction of sp³-hybridized carbons (Fsp3) is 0.692. The molecule has 1 saturated carbocycles. The van der Waals surface area contributed by atoms with Gasteiger partial charge in [-0.1, -0.05) is 29.7 Å². The molecule has 0 aromatic heterocycles. The fourth-order valence-electron chi connectivity index (χ4n) is 1.97. The van der Waals surface area contributed by atoms with Gasteiger partial charge in [-0.2, -0.15) is 0 Å². The highest BCUT2D eigenvalue weighted by molar-refractivity contribution is 5.06. The van der Waals surface area contributed by atoms with Gasteiger partial charge in [0, 0.05) is 0 Å². The van der Waals surface area contributed by atoms with Crippen LogP contribution in [0.3, 0.4) is 0 Å². The lowest BCUT2D eigenvalue weighted by Crippen LogP contribution is -1.93. The van der Waals surface area contributed by atoms with Crippen LogP contribution in [-0.4, -0.2) is 11.7 Å². The zero-order valence-electron chi connectivity index (χ0n) is 9.26. The van der Waals surface area contributed by atoms with Gasteiger partial charge in [0.25, 0.3) is 0 Å². The normalized spacial score (nSPS) is 18.4. The first kappa shape index (κ1) is 11.5. The average Bonchev–Trinajstić information content (AvgIpc) is 2.20. The van der Waals surface area contributed by atoms with Crippen LogP contribution in [0, 0.1) is 0 Å². The topological polar surface area (TPSA) is 20.2 Å². The fourth-order valence-corrected chi connectivity index (χ4v) is 1.97. The van der Waals surface area contributed by atoms with Gasteiger partial charge in [-0.3, -0.25) is 0 Å². The van der Waals surface area contributed by atoms with Crippen LogP contribution in [0.4, 0.5) is 0 Å². The SMILES string of the molecule is C/C(=C\CO)CCC=C1CCCCC1. The summed E-state index contributed by atoms with van der Waals surface area (Å²) in [6.07, 6.45) is 13.4. The summed E-state index contributed by atoms with van der Waals surface area (Å²) in [7, 11) is 0. The number of aliphatic hydroxyl groups excluding tert-OH is 1. The van der Waals surface area contributed by atoms with Crippen LogP contribution >= 0.6 is 0 Å². The van der Waals surface area contributed by atoms with E-state index in [1.54, 1.807) is 5.57 Å². The molecule has 1 nitrogen and oxygen atoms in total. The van der Waals surface area contributed by atoms with E-state index in [0.29, 0.717) is 0 Å². The second-order valence-corrected chi connectivity index (χ2v) is 4.19. The quantitative estimate of drug-likeness (QED) is 0.678. The summed E-state index contributed by atoms with van der Waals surface area (Å²) < 4.78 is 0. The molecule has 0 aromatic rings. The highest BCUT2D eigenvalue weighted by Crippen LogP contribution is 2.23. The minimum atomic E-state index is 0.183. The zero-order chi connectivity index (χ0) is 10.2. The van der Waals surface area contributed by atoms with Crippen molar-refractivity contribution in [3.8, 4) is 0 Å². The monoisotopic (exact) mass is 194 g/mol. The maximum Gasteiger partial charge on any atom is 0.0614 e. The third kappa shape index (κ3) is 4.61. The van der Waals surface area contributed by atoms with E-state index in [2.05, 4.69) is 13.0 Å². The molecule has 1 aliphatic rings. The maximum absolute atomic E-state index is 8.69. The van der Waals surface area contributed by atoms with E-state index in [1.165, 1.54) is 37.7 Å². The van der Waals surface area contributed by atoms with Crippen molar-refractivity contribution in [3.05, 3.63) is 23.3 Å². The number of hydrogen-bond acceptors (Lipinski definition) is 1. The van der Waals surface area contributed by atoms with Gasteiger partial charge >= 0.3 is 0 Å². The van der Waals surface area contributed by atoms with E-state index in [1.807, 2.05) is 6.08 Å². The van der Waals surface area contributed by atoms with E-state index in [0.717, 1.165) is 12.8 Å². The molecule has 0 saturated heterocycles. The lowest BCUT2D eigenvalue weighted by molar-refractivity contribution is 0.341. The Kier molecular flexibility index (Phi) is 5.62. The van der Waals surface area contributed by atoms with Gasteiger partial charge in [-0.15, -0.1) is 0 Å². The molecule has 1 rings (SSSR count). The Morgan fingerprint density at radius 1 is 1.29 bits per heavy atom. The standard InChI is InChI=1S/C13H22O/c1-12(10-11-14)6-5-9-13-7-3-2-4-8-13/h9-10,14H,2-8,11H2,1H3/b12-10+. The summed E-state index contributed by atoms with van der Waals surface area (Å²) in [6.45, 7) is 2.28. The van der Waals surface area contributed by atoms with E-state index in [4.69, 9.17) is 5.11 Å². The van der Waals surface area contributed by atoms with Crippen LogP contribution in [-0.2, 0) is 0 Å². The summed E-state index contributed by atoms with van der Waals surface area (Å²) >= 11 is 0. The second-order valence-electron chi connectivity index (χ2n) is 4.19. The molecule has 0 unspecified atom stereocenters. The van der Waals surface area contributed by atoms with Crippen molar-refractivity contribution in [2.45, 2.75) is 51.9 Å². The van der Waals surface area contributed by atoms with E-state index < -0.39 is 0 Å². The van der Waals surface area contributed by atoms with Crippen LogP contribution in [0.1, 0.15) is 51.9 Å². The molecule has 0 bridgehead atoms. The molecule has 1 N–H and O–H groups in total. The molecule has 1 fully saturated rings. The average molecular weight is 194 g/mol. The van der Waals surface area contributed by atoms with Crippen molar-refractivity contribution in [3.63, 3.8) is 0 Å². The first-order valence-corrected chi connectivity index (χ1v) is 5.77. The number of allylic oxidation sites excluding steroid dienone is 3. The molecule has 0 amide bonds. The van der Waals surface area contributed by atoms with E-state index in [9.17, 15) is 0 Å². The second kappa shape index (κ2) is 6.83. The highest BCUT2D eigenvalue weighted by Gasteiger charge is 2.03. The van der Waals surface area contributed by atoms with Crippen molar-refractivity contribution in [2.75, 3.05) is 6.61 Å². The molecule has 0 aromatic carbocycles. The van der Waals surface area contributed by atoms with Crippen molar-refractivity contribution in [2.24, 2.45) is 0 Å². The maximum atomic E-state index is 8.69. The van der Waals surface area contributed by atoms with Gasteiger partial charge in [-0.25, -0.2) is 0 Å². The molecular formula is C13H22O. The molecule has 0 aliphatic heterocycles. The summed E-state index contributed by atoms with van der Waals surface area (Å²) in [5.74, 6) is 0. The Balaban J connectivity index is 2.21. The van der Waals surface area contributed by atoms with Crippen molar-refractivity contribution < 1.29 is 5.11 Å². The molecule has 1 heteroatoms. The Hall–Kier alpha value is -0.560. The third-order valence-electron chi connectivity index (χ3n) is 2.91. The van der Waals surface area contributed by atoms with Crippen LogP contribution in [0.25, 0.3) is 0 Å². The Bertz CT molecular complexity index is 205. The molecule has 0 radical (unpaired) electrons. The van der Waals surface area contributed by atoms with Crippen molar-refractivity contribution in [1.82, 2.24) is 0 Å². The van der Waals surface area contributed by atoms with Gasteiger partial charge < -0.3 is 5.11 Å². The molecular weight excluding hydrogens is 172 g/mol. The highest BCUT2D eigenvalue weighted by atomic mass is 16.2. The van der Waals surface area contributed by atoms with Gasteiger partial charge in [0.1, 0.15) is 0 Å². The zero-order valence-corrected chi connectivity index (χ0v) is 9.26.